The van der Waals surface area contributed by atoms with Crippen molar-refractivity contribution < 1.29 is 9.21 Å². The molecule has 2 aromatic rings. The van der Waals surface area contributed by atoms with Gasteiger partial charge in [0, 0.05) is 25.1 Å². The number of unbranched alkanes of at least 4 members (excludes halogenated alkanes) is 1. The van der Waals surface area contributed by atoms with Gasteiger partial charge < -0.3 is 4.42 Å². The first-order chi connectivity index (χ1) is 10.7. The predicted molar refractivity (Wildman–Crippen MR) is 86.3 cm³/mol. The fourth-order valence-electron chi connectivity index (χ4n) is 2.20. The number of hydrogen-bond donors (Lipinski definition) is 0. The second-order valence-electron chi connectivity index (χ2n) is 4.91. The molecule has 0 N–H and O–H groups in total. The fourth-order valence-corrected chi connectivity index (χ4v) is 2.20. The molecule has 0 aliphatic carbocycles. The van der Waals surface area contributed by atoms with E-state index in [1.165, 1.54) is 11.8 Å². The highest BCUT2D eigenvalue weighted by Crippen LogP contribution is 2.31. The van der Waals surface area contributed by atoms with Crippen molar-refractivity contribution in [2.75, 3.05) is 11.4 Å². The van der Waals surface area contributed by atoms with Crippen LogP contribution >= 0.6 is 0 Å². The lowest BCUT2D eigenvalue weighted by molar-refractivity contribution is -0.116. The van der Waals surface area contributed by atoms with Crippen molar-refractivity contribution in [1.82, 2.24) is 0 Å². The van der Waals surface area contributed by atoms with E-state index in [-0.39, 0.29) is 5.91 Å². The van der Waals surface area contributed by atoms with Gasteiger partial charge in [-0.2, -0.15) is 5.26 Å². The molecule has 0 fully saturated rings. The number of nitrogens with zero attached hydrogens (tertiary/aromatic N) is 2. The normalized spacial score (nSPS) is 10.0. The highest BCUT2D eigenvalue weighted by Gasteiger charge is 2.21. The third-order valence-electron chi connectivity index (χ3n) is 3.31. The summed E-state index contributed by atoms with van der Waals surface area (Å²) in [6.07, 6.45) is 3.38. The Morgan fingerprint density at radius 3 is 2.73 bits per heavy atom. The van der Waals surface area contributed by atoms with Gasteiger partial charge >= 0.3 is 0 Å². The molecule has 0 radical (unpaired) electrons. The van der Waals surface area contributed by atoms with Gasteiger partial charge in [0.05, 0.1) is 0 Å². The van der Waals surface area contributed by atoms with Crippen molar-refractivity contribution in [3.05, 3.63) is 54.6 Å². The van der Waals surface area contributed by atoms with Crippen LogP contribution in [0.4, 0.5) is 5.88 Å². The van der Waals surface area contributed by atoms with Crippen molar-refractivity contribution in [1.29, 1.82) is 5.26 Å². The van der Waals surface area contributed by atoms with Crippen LogP contribution < -0.4 is 4.90 Å². The lowest BCUT2D eigenvalue weighted by Gasteiger charge is -2.18. The SMILES string of the molecule is C=CCCCN(C(C)=O)c1oc(-c2ccccc2)cc1C#N. The summed E-state index contributed by atoms with van der Waals surface area (Å²) < 4.78 is 5.80. The van der Waals surface area contributed by atoms with E-state index < -0.39 is 0 Å². The molecule has 0 aliphatic rings. The predicted octanol–water partition coefficient (Wildman–Crippen LogP) is 4.14. The van der Waals surface area contributed by atoms with Gasteiger partial charge in [-0.15, -0.1) is 6.58 Å². The smallest absolute Gasteiger partial charge is 0.226 e. The molecular weight excluding hydrogens is 276 g/mol. The maximum absolute atomic E-state index is 11.9. The molecule has 0 saturated carbocycles. The zero-order valence-corrected chi connectivity index (χ0v) is 12.6. The summed E-state index contributed by atoms with van der Waals surface area (Å²) in [6.45, 7) is 5.64. The van der Waals surface area contributed by atoms with E-state index in [1.807, 2.05) is 30.3 Å². The quantitative estimate of drug-likeness (QED) is 0.594. The fraction of sp³-hybridized carbons (Fsp3) is 0.222. The van der Waals surface area contributed by atoms with Gasteiger partial charge in [-0.1, -0.05) is 36.4 Å². The van der Waals surface area contributed by atoms with Crippen LogP contribution in [-0.4, -0.2) is 12.5 Å². The third-order valence-corrected chi connectivity index (χ3v) is 3.31. The van der Waals surface area contributed by atoms with E-state index in [1.54, 1.807) is 12.1 Å². The Labute approximate surface area is 130 Å². The Kier molecular flexibility index (Phi) is 5.16. The largest absolute Gasteiger partial charge is 0.439 e. The average molecular weight is 294 g/mol. The molecule has 2 rings (SSSR count). The molecule has 4 heteroatoms. The second-order valence-corrected chi connectivity index (χ2v) is 4.91. The van der Waals surface area contributed by atoms with Gasteiger partial charge in [-0.05, 0) is 12.8 Å². The van der Waals surface area contributed by atoms with Crippen LogP contribution in [0, 0.1) is 11.3 Å². The third kappa shape index (κ3) is 3.44. The summed E-state index contributed by atoms with van der Waals surface area (Å²) in [4.78, 5) is 13.4. The molecule has 1 heterocycles. The van der Waals surface area contributed by atoms with Gasteiger partial charge in [0.25, 0.3) is 0 Å². The van der Waals surface area contributed by atoms with Crippen LogP contribution in [0.2, 0.25) is 0 Å². The molecule has 112 valence electrons. The maximum Gasteiger partial charge on any atom is 0.226 e. The highest BCUT2D eigenvalue weighted by atomic mass is 16.4. The minimum absolute atomic E-state index is 0.144. The lowest BCUT2D eigenvalue weighted by atomic mass is 10.1. The zero-order valence-electron chi connectivity index (χ0n) is 12.6. The standard InChI is InChI=1S/C18H18N2O2/c1-3-4-8-11-20(14(2)21)18-16(13-19)12-17(22-18)15-9-6-5-7-10-15/h3,5-7,9-10,12H,1,4,8,11H2,2H3. The van der Waals surface area contributed by atoms with E-state index in [0.29, 0.717) is 23.8 Å². The van der Waals surface area contributed by atoms with Gasteiger partial charge in [0.1, 0.15) is 17.4 Å². The van der Waals surface area contributed by atoms with E-state index in [0.717, 1.165) is 18.4 Å². The summed E-state index contributed by atoms with van der Waals surface area (Å²) in [6, 6.07) is 13.3. The number of amides is 1. The summed E-state index contributed by atoms with van der Waals surface area (Å²) in [5, 5.41) is 9.32. The van der Waals surface area contributed by atoms with E-state index in [9.17, 15) is 10.1 Å². The van der Waals surface area contributed by atoms with Crippen LogP contribution in [0.25, 0.3) is 11.3 Å². The van der Waals surface area contributed by atoms with Crippen LogP contribution in [0.3, 0.4) is 0 Å². The van der Waals surface area contributed by atoms with Crippen molar-refractivity contribution in [3.63, 3.8) is 0 Å². The molecule has 0 spiro atoms. The van der Waals surface area contributed by atoms with Gasteiger partial charge in [0.15, 0.2) is 0 Å². The zero-order chi connectivity index (χ0) is 15.9. The summed E-state index contributed by atoms with van der Waals surface area (Å²) in [7, 11) is 0. The number of carbonyl (C=O) groups is 1. The number of rotatable bonds is 6. The van der Waals surface area contributed by atoms with E-state index in [2.05, 4.69) is 12.6 Å². The van der Waals surface area contributed by atoms with Crippen LogP contribution in [0.15, 0.2) is 53.5 Å². The van der Waals surface area contributed by atoms with Crippen LogP contribution in [-0.2, 0) is 4.79 Å². The minimum atomic E-state index is -0.144. The van der Waals surface area contributed by atoms with Gasteiger partial charge in [0.2, 0.25) is 11.8 Å². The van der Waals surface area contributed by atoms with E-state index >= 15 is 0 Å². The molecule has 0 saturated heterocycles. The number of allylic oxidation sites excluding steroid dienone is 1. The molecule has 0 aliphatic heterocycles. The number of benzene rings is 1. The van der Waals surface area contributed by atoms with Crippen molar-refractivity contribution in [2.24, 2.45) is 0 Å². The lowest BCUT2D eigenvalue weighted by Crippen LogP contribution is -2.29. The number of furan rings is 1. The van der Waals surface area contributed by atoms with Crippen LogP contribution in [0.1, 0.15) is 25.3 Å². The minimum Gasteiger partial charge on any atom is -0.439 e. The molecule has 22 heavy (non-hydrogen) atoms. The maximum atomic E-state index is 11.9. The number of carbonyl (C=O) groups excluding carboxylic acids is 1. The topological polar surface area (TPSA) is 57.2 Å². The first kappa shape index (κ1) is 15.6. The Hall–Kier alpha value is -2.80. The molecule has 0 unspecified atom stereocenters. The number of anilines is 1. The summed E-state index contributed by atoms with van der Waals surface area (Å²) >= 11 is 0. The molecule has 1 aromatic heterocycles. The monoisotopic (exact) mass is 294 g/mol. The second kappa shape index (κ2) is 7.28. The Morgan fingerprint density at radius 2 is 2.14 bits per heavy atom. The molecular formula is C18H18N2O2. The highest BCUT2D eigenvalue weighted by molar-refractivity contribution is 5.91. The average Bonchev–Trinajstić information content (AvgIpc) is 2.96. The van der Waals surface area contributed by atoms with Gasteiger partial charge in [-0.3, -0.25) is 9.69 Å². The molecule has 0 bridgehead atoms. The summed E-state index contributed by atoms with van der Waals surface area (Å²) in [5.74, 6) is 0.759. The first-order valence-corrected chi connectivity index (χ1v) is 7.15. The van der Waals surface area contributed by atoms with Gasteiger partial charge in [-0.25, -0.2) is 0 Å². The van der Waals surface area contributed by atoms with Crippen LogP contribution in [0.5, 0.6) is 0 Å². The van der Waals surface area contributed by atoms with Crippen molar-refractivity contribution in [2.45, 2.75) is 19.8 Å². The molecule has 1 aromatic carbocycles. The molecule has 0 atom stereocenters. The number of hydrogen-bond acceptors (Lipinski definition) is 3. The summed E-state index contributed by atoms with van der Waals surface area (Å²) in [5.41, 5.74) is 1.24. The molecule has 4 nitrogen and oxygen atoms in total. The molecule has 1 amide bonds. The Morgan fingerprint density at radius 1 is 1.41 bits per heavy atom. The Balaban J connectivity index is 2.36. The van der Waals surface area contributed by atoms with Crippen molar-refractivity contribution in [3.8, 4) is 17.4 Å². The van der Waals surface area contributed by atoms with E-state index in [4.69, 9.17) is 4.42 Å². The first-order valence-electron chi connectivity index (χ1n) is 7.15. The number of nitriles is 1. The van der Waals surface area contributed by atoms with Crippen molar-refractivity contribution >= 4 is 11.8 Å². The Bertz CT molecular complexity index is 696.